The summed E-state index contributed by atoms with van der Waals surface area (Å²) >= 11 is 2.15. The number of fused-ring (bicyclic) bond motifs is 2. The standard InChI is InChI=1S/C11H9NO4S.C9H7NO2S.C3H6O3/c1-16-10(14)5-8(13)6-2-3-7-9(4-6)17-11(15)12-7;1-5(11)6-2-3-7-8(4-6)13-9(12)10-7;1-5-3(4)6-2/h2-4H,5H2,1H3,(H,12,15);2-4H,1H3,(H,10,12);1-2H3. The van der Waals surface area contributed by atoms with E-state index in [1.54, 1.807) is 36.4 Å². The molecule has 13 heteroatoms. The van der Waals surface area contributed by atoms with Crippen LogP contribution in [0.5, 0.6) is 0 Å². The molecule has 190 valence electrons. The maximum atomic E-state index is 11.7. The number of hydrogen-bond donors (Lipinski definition) is 2. The number of rotatable bonds is 4. The molecular formula is C23H22N2O9S2. The van der Waals surface area contributed by atoms with Crippen molar-refractivity contribution >= 4 is 66.8 Å². The van der Waals surface area contributed by atoms with Crippen molar-refractivity contribution in [2.45, 2.75) is 13.3 Å². The van der Waals surface area contributed by atoms with Gasteiger partial charge in [-0.25, -0.2) is 4.79 Å². The fourth-order valence-corrected chi connectivity index (χ4v) is 4.22. The van der Waals surface area contributed by atoms with Crippen LogP contribution in [0.4, 0.5) is 4.79 Å². The number of carbonyl (C=O) groups is 4. The predicted molar refractivity (Wildman–Crippen MR) is 135 cm³/mol. The van der Waals surface area contributed by atoms with Crippen LogP contribution >= 0.6 is 22.7 Å². The number of nitrogens with one attached hydrogen (secondary N) is 2. The lowest BCUT2D eigenvalue weighted by molar-refractivity contribution is -0.139. The number of carbonyl (C=O) groups excluding carboxylic acids is 4. The molecule has 0 bridgehead atoms. The lowest BCUT2D eigenvalue weighted by Crippen LogP contribution is -2.09. The van der Waals surface area contributed by atoms with E-state index in [1.165, 1.54) is 28.3 Å². The molecule has 0 atom stereocenters. The summed E-state index contributed by atoms with van der Waals surface area (Å²) in [6, 6.07) is 10.0. The van der Waals surface area contributed by atoms with Gasteiger partial charge in [-0.1, -0.05) is 22.7 Å². The summed E-state index contributed by atoms with van der Waals surface area (Å²) in [6.45, 7) is 1.51. The third kappa shape index (κ3) is 7.99. The normalized spacial score (nSPS) is 9.89. The quantitative estimate of drug-likeness (QED) is 0.227. The molecule has 0 spiro atoms. The Balaban J connectivity index is 0.000000212. The summed E-state index contributed by atoms with van der Waals surface area (Å²) in [6.07, 6.45) is -0.948. The van der Waals surface area contributed by atoms with Crippen molar-refractivity contribution in [3.8, 4) is 0 Å². The minimum absolute atomic E-state index is 0.0164. The number of esters is 1. The van der Waals surface area contributed by atoms with Gasteiger partial charge in [-0.15, -0.1) is 0 Å². The fourth-order valence-electron chi connectivity index (χ4n) is 2.67. The van der Waals surface area contributed by atoms with E-state index < -0.39 is 12.1 Å². The van der Waals surface area contributed by atoms with E-state index in [1.807, 2.05) is 0 Å². The Hall–Kier alpha value is -4.10. The molecule has 0 aliphatic heterocycles. The minimum Gasteiger partial charge on any atom is -0.469 e. The molecule has 4 aromatic rings. The average molecular weight is 535 g/mol. The zero-order chi connectivity index (χ0) is 26.8. The number of aromatic nitrogens is 2. The summed E-state index contributed by atoms with van der Waals surface area (Å²) in [5.74, 6) is -0.875. The molecule has 0 fully saturated rings. The van der Waals surface area contributed by atoms with Crippen LogP contribution in [0.3, 0.4) is 0 Å². The first-order valence-electron chi connectivity index (χ1n) is 10.1. The van der Waals surface area contributed by atoms with Gasteiger partial charge in [0, 0.05) is 11.1 Å². The molecule has 0 aliphatic rings. The minimum atomic E-state index is -0.657. The van der Waals surface area contributed by atoms with Crippen molar-refractivity contribution in [2.75, 3.05) is 21.3 Å². The third-order valence-electron chi connectivity index (χ3n) is 4.44. The van der Waals surface area contributed by atoms with E-state index in [-0.39, 0.29) is 27.7 Å². The number of benzene rings is 2. The van der Waals surface area contributed by atoms with Gasteiger partial charge < -0.3 is 24.2 Å². The van der Waals surface area contributed by atoms with Crippen molar-refractivity contribution in [2.24, 2.45) is 0 Å². The summed E-state index contributed by atoms with van der Waals surface area (Å²) in [7, 11) is 3.74. The molecule has 0 amide bonds. The van der Waals surface area contributed by atoms with E-state index in [0.717, 1.165) is 32.9 Å². The number of hydrogen-bond acceptors (Lipinski definition) is 11. The van der Waals surface area contributed by atoms with Crippen molar-refractivity contribution in [3.05, 3.63) is 66.9 Å². The Kier molecular flexibility index (Phi) is 10.2. The number of thiazole rings is 2. The van der Waals surface area contributed by atoms with Crippen LogP contribution in [-0.2, 0) is 19.0 Å². The number of ketones is 2. The molecule has 2 aromatic heterocycles. The van der Waals surface area contributed by atoms with Gasteiger partial charge in [0.25, 0.3) is 0 Å². The molecule has 4 rings (SSSR count). The molecule has 2 heterocycles. The van der Waals surface area contributed by atoms with E-state index in [9.17, 15) is 28.8 Å². The lowest BCUT2D eigenvalue weighted by Gasteiger charge is -1.99. The van der Waals surface area contributed by atoms with Crippen molar-refractivity contribution in [3.63, 3.8) is 0 Å². The van der Waals surface area contributed by atoms with Gasteiger partial charge in [0.2, 0.25) is 0 Å². The van der Waals surface area contributed by atoms with Crippen LogP contribution in [0.25, 0.3) is 20.4 Å². The van der Waals surface area contributed by atoms with Gasteiger partial charge >= 0.3 is 21.9 Å². The summed E-state index contributed by atoms with van der Waals surface area (Å²) in [5.41, 5.74) is 2.52. The smallest absolute Gasteiger partial charge is 0.469 e. The number of H-pyrrole nitrogens is 2. The molecule has 2 aromatic carbocycles. The first kappa shape index (κ1) is 28.1. The van der Waals surface area contributed by atoms with E-state index in [0.29, 0.717) is 21.3 Å². The van der Waals surface area contributed by atoms with Crippen LogP contribution in [0, 0.1) is 0 Å². The van der Waals surface area contributed by atoms with Gasteiger partial charge in [-0.2, -0.15) is 0 Å². The fraction of sp³-hybridized carbons (Fsp3) is 0.217. The van der Waals surface area contributed by atoms with E-state index >= 15 is 0 Å². The van der Waals surface area contributed by atoms with Crippen molar-refractivity contribution in [1.82, 2.24) is 9.97 Å². The molecule has 11 nitrogen and oxygen atoms in total. The molecule has 0 saturated heterocycles. The second kappa shape index (κ2) is 13.1. The van der Waals surface area contributed by atoms with Crippen LogP contribution in [0.2, 0.25) is 0 Å². The molecule has 0 unspecified atom stereocenters. The summed E-state index contributed by atoms with van der Waals surface area (Å²) < 4.78 is 14.0. The zero-order valence-corrected chi connectivity index (χ0v) is 21.3. The van der Waals surface area contributed by atoms with Gasteiger partial charge in [0.1, 0.15) is 6.42 Å². The maximum absolute atomic E-state index is 11.7. The Bertz CT molecular complexity index is 1510. The van der Waals surface area contributed by atoms with Gasteiger partial charge in [-0.3, -0.25) is 24.0 Å². The summed E-state index contributed by atoms with van der Waals surface area (Å²) in [5, 5.41) is 0. The highest BCUT2D eigenvalue weighted by molar-refractivity contribution is 7.16. The molecule has 0 radical (unpaired) electrons. The summed E-state index contributed by atoms with van der Waals surface area (Å²) in [4.78, 5) is 70.5. The Morgan fingerprint density at radius 3 is 1.64 bits per heavy atom. The SMILES string of the molecule is CC(=O)c1ccc2[nH]c(=O)sc2c1.COC(=O)CC(=O)c1ccc2[nH]c(=O)sc2c1.COC(=O)OC. The highest BCUT2D eigenvalue weighted by Crippen LogP contribution is 2.18. The second-order valence-electron chi connectivity index (χ2n) is 6.84. The first-order chi connectivity index (χ1) is 17.1. The Morgan fingerprint density at radius 1 is 0.750 bits per heavy atom. The Labute approximate surface area is 211 Å². The average Bonchev–Trinajstić information content (AvgIpc) is 3.43. The Morgan fingerprint density at radius 2 is 1.22 bits per heavy atom. The van der Waals surface area contributed by atoms with E-state index in [2.05, 4.69) is 24.2 Å². The molecule has 36 heavy (non-hydrogen) atoms. The molecule has 2 N–H and O–H groups in total. The lowest BCUT2D eigenvalue weighted by atomic mass is 10.1. The third-order valence-corrected chi connectivity index (χ3v) is 6.13. The topological polar surface area (TPSA) is 162 Å². The maximum Gasteiger partial charge on any atom is 0.507 e. The van der Waals surface area contributed by atoms with Gasteiger partial charge in [-0.05, 0) is 43.3 Å². The van der Waals surface area contributed by atoms with Crippen molar-refractivity contribution < 1.29 is 33.4 Å². The number of aromatic amines is 2. The highest BCUT2D eigenvalue weighted by Gasteiger charge is 2.13. The first-order valence-corrected chi connectivity index (χ1v) is 11.7. The van der Waals surface area contributed by atoms with Crippen molar-refractivity contribution in [1.29, 1.82) is 0 Å². The zero-order valence-electron chi connectivity index (χ0n) is 19.7. The van der Waals surface area contributed by atoms with Crippen LogP contribution in [-0.4, -0.2) is 55.0 Å². The number of ether oxygens (including phenoxy) is 3. The largest absolute Gasteiger partial charge is 0.507 e. The number of Topliss-reactive ketones (excluding diaryl/α,β-unsaturated/α-hetero) is 2. The molecule has 0 saturated carbocycles. The van der Waals surface area contributed by atoms with Crippen LogP contribution in [0.15, 0.2) is 46.0 Å². The monoisotopic (exact) mass is 534 g/mol. The predicted octanol–water partition coefficient (Wildman–Crippen LogP) is 3.53. The van der Waals surface area contributed by atoms with Gasteiger partial charge in [0.15, 0.2) is 11.6 Å². The van der Waals surface area contributed by atoms with E-state index in [4.69, 9.17) is 0 Å². The molecule has 0 aliphatic carbocycles. The van der Waals surface area contributed by atoms with Crippen LogP contribution < -0.4 is 9.75 Å². The molecular weight excluding hydrogens is 512 g/mol. The highest BCUT2D eigenvalue weighted by atomic mass is 32.1. The second-order valence-corrected chi connectivity index (χ2v) is 8.87. The van der Waals surface area contributed by atoms with Crippen LogP contribution in [0.1, 0.15) is 34.1 Å². The van der Waals surface area contributed by atoms with Gasteiger partial charge in [0.05, 0.1) is 41.8 Å². The number of methoxy groups -OCH3 is 3.